The van der Waals surface area contributed by atoms with Gasteiger partial charge in [0.05, 0.1) is 6.20 Å². The van der Waals surface area contributed by atoms with Crippen LogP contribution in [0.15, 0.2) is 30.5 Å². The number of aldehydes is 1. The van der Waals surface area contributed by atoms with Gasteiger partial charge in [-0.2, -0.15) is 0 Å². The van der Waals surface area contributed by atoms with Crippen molar-refractivity contribution in [1.82, 2.24) is 9.55 Å². The van der Waals surface area contributed by atoms with Crippen LogP contribution in [0, 0.1) is 5.82 Å². The predicted octanol–water partition coefficient (Wildman–Crippen LogP) is 2.65. The zero-order chi connectivity index (χ0) is 12.3. The smallest absolute Gasteiger partial charge is 0.302 e. The second-order valence-corrected chi connectivity index (χ2v) is 3.38. The zero-order valence-electron chi connectivity index (χ0n) is 9.26. The average Bonchev–Trinajstić information content (AvgIpc) is 2.74. The molecule has 5 heteroatoms. The van der Waals surface area contributed by atoms with Crippen molar-refractivity contribution in [2.24, 2.45) is 0 Å². The molecule has 2 rings (SSSR count). The number of imidazole rings is 1. The summed E-state index contributed by atoms with van der Waals surface area (Å²) in [4.78, 5) is 14.7. The molecule has 1 heterocycles. The highest BCUT2D eigenvalue weighted by molar-refractivity contribution is 5.72. The molecule has 4 nitrogen and oxygen atoms in total. The van der Waals surface area contributed by atoms with E-state index in [2.05, 4.69) is 4.98 Å². The van der Waals surface area contributed by atoms with Crippen LogP contribution in [0.2, 0.25) is 0 Å². The number of carbonyl (C=O) groups excluding carboxylic acids is 1. The lowest BCUT2D eigenvalue weighted by Crippen LogP contribution is -2.02. The first kappa shape index (κ1) is 11.3. The van der Waals surface area contributed by atoms with E-state index in [1.807, 2.05) is 6.92 Å². The number of rotatable bonds is 4. The first-order chi connectivity index (χ1) is 8.24. The monoisotopic (exact) mass is 234 g/mol. The van der Waals surface area contributed by atoms with Crippen LogP contribution in [0.4, 0.5) is 4.39 Å². The van der Waals surface area contributed by atoms with Gasteiger partial charge in [0.15, 0.2) is 6.29 Å². The van der Waals surface area contributed by atoms with E-state index in [4.69, 9.17) is 4.74 Å². The molecule has 0 spiro atoms. The Labute approximate surface area is 97.7 Å². The van der Waals surface area contributed by atoms with Crippen molar-refractivity contribution in [3.8, 4) is 11.8 Å². The number of carbonyl (C=O) groups is 1. The van der Waals surface area contributed by atoms with Gasteiger partial charge in [-0.25, -0.2) is 9.37 Å². The summed E-state index contributed by atoms with van der Waals surface area (Å²) in [5.74, 6) is 0.147. The van der Waals surface area contributed by atoms with Crippen molar-refractivity contribution >= 4 is 6.29 Å². The highest BCUT2D eigenvalue weighted by atomic mass is 19.1. The summed E-state index contributed by atoms with van der Waals surface area (Å²) >= 11 is 0. The Kier molecular flexibility index (Phi) is 3.18. The number of hydrogen-bond donors (Lipinski definition) is 0. The minimum absolute atomic E-state index is 0.321. The molecule has 0 aliphatic rings. The summed E-state index contributed by atoms with van der Waals surface area (Å²) in [7, 11) is 0. The topological polar surface area (TPSA) is 44.1 Å². The lowest BCUT2D eigenvalue weighted by atomic mass is 10.3. The fourth-order valence-corrected chi connectivity index (χ4v) is 1.47. The molecule has 1 aromatic heterocycles. The number of hydrogen-bond acceptors (Lipinski definition) is 3. The maximum atomic E-state index is 12.7. The van der Waals surface area contributed by atoms with Crippen molar-refractivity contribution in [1.29, 1.82) is 0 Å². The van der Waals surface area contributed by atoms with Crippen LogP contribution < -0.4 is 4.74 Å². The molecule has 0 N–H and O–H groups in total. The molecule has 0 aliphatic heterocycles. The van der Waals surface area contributed by atoms with Crippen molar-refractivity contribution in [3.63, 3.8) is 0 Å². The van der Waals surface area contributed by atoms with E-state index in [0.717, 1.165) is 0 Å². The van der Waals surface area contributed by atoms with E-state index >= 15 is 0 Å². The number of halogens is 1. The van der Waals surface area contributed by atoms with E-state index in [9.17, 15) is 9.18 Å². The summed E-state index contributed by atoms with van der Waals surface area (Å²) in [5.41, 5.74) is 0.449. The van der Waals surface area contributed by atoms with Crippen LogP contribution in [0.1, 0.15) is 17.4 Å². The molecular weight excluding hydrogens is 223 g/mol. The Morgan fingerprint density at radius 3 is 2.71 bits per heavy atom. The van der Waals surface area contributed by atoms with Gasteiger partial charge in [-0.1, -0.05) is 0 Å². The molecule has 17 heavy (non-hydrogen) atoms. The molecule has 0 unspecified atom stereocenters. The molecular formula is C12H11FN2O2. The number of ether oxygens (including phenoxy) is 1. The molecule has 88 valence electrons. The average molecular weight is 234 g/mol. The summed E-state index contributed by atoms with van der Waals surface area (Å²) in [6.07, 6.45) is 2.16. The van der Waals surface area contributed by atoms with Gasteiger partial charge in [0.1, 0.15) is 17.3 Å². The van der Waals surface area contributed by atoms with Gasteiger partial charge in [-0.15, -0.1) is 0 Å². The van der Waals surface area contributed by atoms with Gasteiger partial charge < -0.3 is 4.74 Å². The lowest BCUT2D eigenvalue weighted by molar-refractivity contribution is 0.111. The molecule has 0 bridgehead atoms. The van der Waals surface area contributed by atoms with Gasteiger partial charge in [0, 0.05) is 6.54 Å². The minimum atomic E-state index is -0.329. The predicted molar refractivity (Wildman–Crippen MR) is 59.8 cm³/mol. The van der Waals surface area contributed by atoms with Crippen molar-refractivity contribution in [3.05, 3.63) is 42.0 Å². The number of aromatic nitrogens is 2. The van der Waals surface area contributed by atoms with Crippen molar-refractivity contribution in [2.75, 3.05) is 0 Å². The van der Waals surface area contributed by atoms with Gasteiger partial charge >= 0.3 is 6.01 Å². The molecule has 0 saturated carbocycles. The Bertz CT molecular complexity index is 520. The molecule has 0 radical (unpaired) electrons. The van der Waals surface area contributed by atoms with Crippen molar-refractivity contribution in [2.45, 2.75) is 13.5 Å². The molecule has 0 amide bonds. The van der Waals surface area contributed by atoms with E-state index in [1.165, 1.54) is 30.5 Å². The number of benzene rings is 1. The lowest BCUT2D eigenvalue weighted by Gasteiger charge is -2.07. The molecule has 2 aromatic rings. The first-order valence-corrected chi connectivity index (χ1v) is 5.18. The van der Waals surface area contributed by atoms with Crippen LogP contribution in [0.3, 0.4) is 0 Å². The third-order valence-corrected chi connectivity index (χ3v) is 2.31. The van der Waals surface area contributed by atoms with Gasteiger partial charge in [-0.05, 0) is 31.2 Å². The SMILES string of the molecule is CCn1c(C=O)cnc1Oc1ccc(F)cc1. The minimum Gasteiger partial charge on any atom is -0.426 e. The summed E-state index contributed by atoms with van der Waals surface area (Å²) in [5, 5.41) is 0. The Balaban J connectivity index is 2.26. The largest absolute Gasteiger partial charge is 0.426 e. The Morgan fingerprint density at radius 1 is 1.41 bits per heavy atom. The second kappa shape index (κ2) is 4.78. The van der Waals surface area contributed by atoms with E-state index in [0.29, 0.717) is 30.3 Å². The van der Waals surface area contributed by atoms with Gasteiger partial charge in [0.25, 0.3) is 0 Å². The maximum Gasteiger partial charge on any atom is 0.302 e. The van der Waals surface area contributed by atoms with Crippen LogP contribution in [-0.4, -0.2) is 15.8 Å². The highest BCUT2D eigenvalue weighted by Crippen LogP contribution is 2.21. The van der Waals surface area contributed by atoms with Crippen LogP contribution in [-0.2, 0) is 6.54 Å². The molecule has 0 fully saturated rings. The Hall–Kier alpha value is -2.17. The van der Waals surface area contributed by atoms with E-state index < -0.39 is 0 Å². The van der Waals surface area contributed by atoms with Gasteiger partial charge in [-0.3, -0.25) is 9.36 Å². The van der Waals surface area contributed by atoms with Crippen LogP contribution in [0.25, 0.3) is 0 Å². The van der Waals surface area contributed by atoms with E-state index in [1.54, 1.807) is 4.57 Å². The summed E-state index contributed by atoms with van der Waals surface area (Å²) in [6.45, 7) is 2.46. The summed E-state index contributed by atoms with van der Waals surface area (Å²) < 4.78 is 19.8. The molecule has 0 atom stereocenters. The quantitative estimate of drug-likeness (QED) is 0.764. The normalized spacial score (nSPS) is 10.2. The molecule has 0 saturated heterocycles. The molecule has 0 aliphatic carbocycles. The van der Waals surface area contributed by atoms with Gasteiger partial charge in [0.2, 0.25) is 0 Å². The third kappa shape index (κ3) is 2.33. The summed E-state index contributed by atoms with van der Waals surface area (Å²) in [6, 6.07) is 5.93. The fraction of sp³-hybridized carbons (Fsp3) is 0.167. The van der Waals surface area contributed by atoms with E-state index in [-0.39, 0.29) is 5.82 Å². The standard InChI is InChI=1S/C12H11FN2O2/c1-2-15-10(8-16)7-14-12(15)17-11-5-3-9(13)4-6-11/h3-8H,2H2,1H3. The molecule has 1 aromatic carbocycles. The van der Waals surface area contributed by atoms with Crippen LogP contribution in [0.5, 0.6) is 11.8 Å². The number of nitrogens with zero attached hydrogens (tertiary/aromatic N) is 2. The maximum absolute atomic E-state index is 12.7. The van der Waals surface area contributed by atoms with Crippen molar-refractivity contribution < 1.29 is 13.9 Å². The zero-order valence-corrected chi connectivity index (χ0v) is 9.26. The fourth-order valence-electron chi connectivity index (χ4n) is 1.47. The first-order valence-electron chi connectivity index (χ1n) is 5.18. The third-order valence-electron chi connectivity index (χ3n) is 2.31. The second-order valence-electron chi connectivity index (χ2n) is 3.38. The van der Waals surface area contributed by atoms with Crippen LogP contribution >= 0.6 is 0 Å². The highest BCUT2D eigenvalue weighted by Gasteiger charge is 2.09. The Morgan fingerprint density at radius 2 is 2.12 bits per heavy atom.